The molecule has 5 rings (SSSR count). The quantitative estimate of drug-likeness (QED) is 0.286. The molecule has 2 aromatic heterocycles. The fourth-order valence-electron chi connectivity index (χ4n) is 4.95. The van der Waals surface area contributed by atoms with Gasteiger partial charge in [0.2, 0.25) is 11.8 Å². The van der Waals surface area contributed by atoms with Crippen LogP contribution in [0.3, 0.4) is 0 Å². The highest BCUT2D eigenvalue weighted by atomic mass is 32.2. The first-order valence-electron chi connectivity index (χ1n) is 14.8. The van der Waals surface area contributed by atoms with Crippen LogP contribution in [0.2, 0.25) is 0 Å². The molecule has 2 atom stereocenters. The summed E-state index contributed by atoms with van der Waals surface area (Å²) in [5.41, 5.74) is 1.18. The molecule has 1 aliphatic heterocycles. The monoisotopic (exact) mass is 678 g/mol. The summed E-state index contributed by atoms with van der Waals surface area (Å²) in [5, 5.41) is 10.7. The van der Waals surface area contributed by atoms with E-state index in [2.05, 4.69) is 25.9 Å². The largest absolute Gasteiger partial charge is 0.446 e. The first-order valence-corrected chi connectivity index (χ1v) is 17.6. The number of nitrogens with zero attached hydrogens (tertiary/aromatic N) is 3. The minimum Gasteiger partial charge on any atom is -0.446 e. The van der Waals surface area contributed by atoms with E-state index in [1.165, 1.54) is 46.8 Å². The maximum atomic E-state index is 13.6. The van der Waals surface area contributed by atoms with Crippen LogP contribution in [0, 0.1) is 5.92 Å². The molecule has 15 heteroatoms. The predicted octanol–water partition coefficient (Wildman–Crippen LogP) is 2.95. The van der Waals surface area contributed by atoms with Crippen molar-refractivity contribution in [3.63, 3.8) is 0 Å². The van der Waals surface area contributed by atoms with Crippen molar-refractivity contribution < 1.29 is 32.0 Å². The number of thiazole rings is 1. The number of hydrogen-bond acceptors (Lipinski definition) is 10. The third-order valence-corrected chi connectivity index (χ3v) is 9.52. The van der Waals surface area contributed by atoms with Gasteiger partial charge in [0, 0.05) is 36.7 Å². The summed E-state index contributed by atoms with van der Waals surface area (Å²) >= 11 is 1.22. The Kier molecular flexibility index (Phi) is 10.2. The summed E-state index contributed by atoms with van der Waals surface area (Å²) in [6, 6.07) is 13.5. The number of sulfone groups is 1. The van der Waals surface area contributed by atoms with Gasteiger partial charge < -0.3 is 25.3 Å². The fourth-order valence-corrected chi connectivity index (χ4v) is 6.60. The second kappa shape index (κ2) is 14.3. The van der Waals surface area contributed by atoms with Crippen LogP contribution in [0.4, 0.5) is 0 Å². The van der Waals surface area contributed by atoms with E-state index in [1.54, 1.807) is 5.38 Å². The summed E-state index contributed by atoms with van der Waals surface area (Å²) in [7, 11) is -3.48. The number of benzene rings is 2. The molecule has 0 spiro atoms. The van der Waals surface area contributed by atoms with Crippen molar-refractivity contribution in [1.82, 2.24) is 30.8 Å². The lowest BCUT2D eigenvalue weighted by molar-refractivity contribution is -0.122. The molecule has 0 unspecified atom stereocenters. The standard InChI is InChI=1S/C32H34N6O7S2/c1-19(2)27-31-36-25(18-46-31)29(41)34-23(15-20-7-5-4-6-8-20)30-35-24(17-45-30)28(40)33-13-14-38(16-26(39)37-27)32(42)21-9-11-22(12-10-21)47(3,43)44/h4-12,17-19,23,27H,13-16H2,1-3H3,(H,33,40)(H,34,41)(H,37,39)/t23-,27-/m0/s1. The Labute approximate surface area is 275 Å². The molecule has 0 saturated carbocycles. The van der Waals surface area contributed by atoms with Crippen LogP contribution >= 0.6 is 11.3 Å². The highest BCUT2D eigenvalue weighted by Gasteiger charge is 2.28. The molecule has 0 fully saturated rings. The van der Waals surface area contributed by atoms with Crippen molar-refractivity contribution in [2.45, 2.75) is 37.2 Å². The van der Waals surface area contributed by atoms with Gasteiger partial charge in [-0.3, -0.25) is 19.2 Å². The number of oxazole rings is 1. The minimum absolute atomic E-state index is 0.0314. The Bertz CT molecular complexity index is 1870. The highest BCUT2D eigenvalue weighted by Crippen LogP contribution is 2.26. The number of rotatable bonds is 5. The number of amides is 4. The molecule has 13 nitrogen and oxygen atoms in total. The summed E-state index contributed by atoms with van der Waals surface area (Å²) in [6.07, 6.45) is 2.59. The van der Waals surface area contributed by atoms with E-state index in [1.807, 2.05) is 44.2 Å². The van der Waals surface area contributed by atoms with Crippen molar-refractivity contribution in [2.75, 3.05) is 25.9 Å². The predicted molar refractivity (Wildman–Crippen MR) is 172 cm³/mol. The number of carbonyl (C=O) groups is 4. The van der Waals surface area contributed by atoms with Crippen molar-refractivity contribution in [3.05, 3.63) is 99.7 Å². The van der Waals surface area contributed by atoms with Gasteiger partial charge in [0.25, 0.3) is 17.7 Å². The van der Waals surface area contributed by atoms with Crippen LogP contribution < -0.4 is 16.0 Å². The zero-order chi connectivity index (χ0) is 33.7. The van der Waals surface area contributed by atoms with Crippen LogP contribution in [0.5, 0.6) is 0 Å². The van der Waals surface area contributed by atoms with E-state index in [4.69, 9.17) is 4.42 Å². The fraction of sp³-hybridized carbons (Fsp3) is 0.312. The Hall–Kier alpha value is -4.89. The topological polar surface area (TPSA) is 181 Å². The average Bonchev–Trinajstić information content (AvgIpc) is 3.73. The first kappa shape index (κ1) is 33.5. The van der Waals surface area contributed by atoms with Gasteiger partial charge in [-0.15, -0.1) is 11.3 Å². The van der Waals surface area contributed by atoms with Gasteiger partial charge in [-0.1, -0.05) is 44.2 Å². The summed E-state index contributed by atoms with van der Waals surface area (Å²) in [6.45, 7) is 3.36. The third kappa shape index (κ3) is 8.29. The number of hydrogen-bond donors (Lipinski definition) is 3. The molecule has 0 saturated heterocycles. The normalized spacial score (nSPS) is 18.1. The van der Waals surface area contributed by atoms with Crippen molar-refractivity contribution >= 4 is 44.8 Å². The van der Waals surface area contributed by atoms with E-state index in [0.717, 1.165) is 11.8 Å². The van der Waals surface area contributed by atoms with E-state index in [9.17, 15) is 27.6 Å². The molecule has 3 N–H and O–H groups in total. The smallest absolute Gasteiger partial charge is 0.273 e. The lowest BCUT2D eigenvalue weighted by Crippen LogP contribution is -2.45. The Morgan fingerprint density at radius 3 is 2.40 bits per heavy atom. The van der Waals surface area contributed by atoms with Crippen LogP contribution in [-0.4, -0.2) is 72.8 Å². The lowest BCUT2D eigenvalue weighted by atomic mass is 10.0. The van der Waals surface area contributed by atoms with Gasteiger partial charge in [0.05, 0.1) is 17.5 Å². The van der Waals surface area contributed by atoms with Crippen molar-refractivity contribution in [3.8, 4) is 0 Å². The zero-order valence-electron chi connectivity index (χ0n) is 25.9. The number of nitrogens with one attached hydrogen (secondary N) is 3. The average molecular weight is 679 g/mol. The number of fused-ring (bicyclic) bond motifs is 4. The summed E-state index contributed by atoms with van der Waals surface area (Å²) < 4.78 is 29.5. The highest BCUT2D eigenvalue weighted by molar-refractivity contribution is 7.90. The molecule has 47 heavy (non-hydrogen) atoms. The number of aromatic nitrogens is 2. The molecular weight excluding hydrogens is 645 g/mol. The molecule has 246 valence electrons. The first-order chi connectivity index (χ1) is 22.4. The second-order valence-corrected chi connectivity index (χ2v) is 14.3. The molecule has 4 amide bonds. The van der Waals surface area contributed by atoms with Gasteiger partial charge in [-0.05, 0) is 35.7 Å². The van der Waals surface area contributed by atoms with E-state index in [0.29, 0.717) is 11.4 Å². The van der Waals surface area contributed by atoms with Gasteiger partial charge in [0.1, 0.15) is 23.0 Å². The van der Waals surface area contributed by atoms with Gasteiger partial charge in [0.15, 0.2) is 15.5 Å². The molecule has 0 aliphatic carbocycles. The van der Waals surface area contributed by atoms with Gasteiger partial charge >= 0.3 is 0 Å². The van der Waals surface area contributed by atoms with Crippen LogP contribution in [0.15, 0.2) is 75.6 Å². The molecule has 1 aliphatic rings. The van der Waals surface area contributed by atoms with Crippen LogP contribution in [0.1, 0.15) is 73.7 Å². The molecule has 0 radical (unpaired) electrons. The number of carbonyl (C=O) groups excluding carboxylic acids is 4. The van der Waals surface area contributed by atoms with Crippen molar-refractivity contribution in [2.24, 2.45) is 5.92 Å². The molecule has 4 aromatic rings. The molecular formula is C32H34N6O7S2. The third-order valence-electron chi connectivity index (χ3n) is 7.46. The lowest BCUT2D eigenvalue weighted by Gasteiger charge is -2.25. The van der Waals surface area contributed by atoms with Gasteiger partial charge in [-0.25, -0.2) is 18.4 Å². The molecule has 2 aromatic carbocycles. The van der Waals surface area contributed by atoms with Crippen LogP contribution in [-0.2, 0) is 21.1 Å². The SMILES string of the molecule is CC(C)[C@@H]1NC(=O)CN(C(=O)c2ccc(S(C)(=O)=O)cc2)CCNC(=O)c2coc(n2)[C@H](Cc2ccccc2)NC(=O)c2csc1n2. The maximum Gasteiger partial charge on any atom is 0.273 e. The Balaban J connectivity index is 1.46. The summed E-state index contributed by atoms with van der Waals surface area (Å²) in [5.74, 6) is -2.07. The zero-order valence-corrected chi connectivity index (χ0v) is 27.6. The molecule has 3 heterocycles. The summed E-state index contributed by atoms with van der Waals surface area (Å²) in [4.78, 5) is 63.6. The minimum atomic E-state index is -3.48. The van der Waals surface area contributed by atoms with E-state index in [-0.39, 0.29) is 53.3 Å². The van der Waals surface area contributed by atoms with Crippen molar-refractivity contribution in [1.29, 1.82) is 0 Å². The van der Waals surface area contributed by atoms with Crippen LogP contribution in [0.25, 0.3) is 0 Å². The van der Waals surface area contributed by atoms with E-state index < -0.39 is 45.5 Å². The van der Waals surface area contributed by atoms with Gasteiger partial charge in [-0.2, -0.15) is 0 Å². The Morgan fingerprint density at radius 1 is 1.00 bits per heavy atom. The Morgan fingerprint density at radius 2 is 1.72 bits per heavy atom. The maximum absolute atomic E-state index is 13.6. The molecule has 4 bridgehead atoms. The second-order valence-electron chi connectivity index (χ2n) is 11.4. The van der Waals surface area contributed by atoms with E-state index >= 15 is 0 Å².